The van der Waals surface area contributed by atoms with Gasteiger partial charge in [-0.1, -0.05) is 18.2 Å². The summed E-state index contributed by atoms with van der Waals surface area (Å²) in [5.74, 6) is -1.09. The minimum atomic E-state index is -3.90. The third kappa shape index (κ3) is 4.45. The van der Waals surface area contributed by atoms with Gasteiger partial charge in [-0.3, -0.25) is 5.10 Å². The van der Waals surface area contributed by atoms with Crippen LogP contribution in [-0.2, 0) is 16.4 Å². The first-order valence-corrected chi connectivity index (χ1v) is 10.2. The van der Waals surface area contributed by atoms with Gasteiger partial charge in [-0.05, 0) is 55.7 Å². The lowest BCUT2D eigenvalue weighted by Crippen LogP contribution is -2.29. The van der Waals surface area contributed by atoms with Crippen LogP contribution in [0.2, 0.25) is 0 Å². The number of nitrogens with one attached hydrogen (secondary N) is 1. The zero-order valence-electron chi connectivity index (χ0n) is 15.6. The second-order valence-corrected chi connectivity index (χ2v) is 8.67. The summed E-state index contributed by atoms with van der Waals surface area (Å²) >= 11 is 0. The Hall–Kier alpha value is -2.58. The quantitative estimate of drug-likeness (QED) is 0.648. The number of halogens is 2. The zero-order chi connectivity index (χ0) is 20.3. The van der Waals surface area contributed by atoms with Gasteiger partial charge in [0.1, 0.15) is 16.5 Å². The maximum atomic E-state index is 14.0. The van der Waals surface area contributed by atoms with Crippen LogP contribution in [0.1, 0.15) is 17.7 Å². The van der Waals surface area contributed by atoms with Gasteiger partial charge in [0.05, 0.1) is 5.69 Å². The summed E-state index contributed by atoms with van der Waals surface area (Å²) in [6.45, 7) is 1.94. The average molecular weight is 405 g/mol. The number of aryl methyl sites for hydroxylation is 2. The first-order valence-electron chi connectivity index (χ1n) is 8.80. The number of sulfonamides is 1. The summed E-state index contributed by atoms with van der Waals surface area (Å²) in [7, 11) is -2.47. The van der Waals surface area contributed by atoms with E-state index in [1.165, 1.54) is 31.3 Å². The molecule has 1 N–H and O–H groups in total. The Morgan fingerprint density at radius 3 is 2.64 bits per heavy atom. The van der Waals surface area contributed by atoms with Crippen LogP contribution in [0, 0.1) is 18.6 Å². The van der Waals surface area contributed by atoms with E-state index in [0.29, 0.717) is 29.7 Å². The highest BCUT2D eigenvalue weighted by atomic mass is 32.2. The Morgan fingerprint density at radius 1 is 1.11 bits per heavy atom. The molecule has 8 heteroatoms. The third-order valence-electron chi connectivity index (χ3n) is 4.45. The largest absolute Gasteiger partial charge is 0.282 e. The molecule has 1 aromatic heterocycles. The maximum Gasteiger partial charge on any atom is 0.245 e. The number of hydrogen-bond donors (Lipinski definition) is 1. The van der Waals surface area contributed by atoms with E-state index in [-0.39, 0.29) is 17.3 Å². The van der Waals surface area contributed by atoms with Crippen molar-refractivity contribution in [2.75, 3.05) is 13.6 Å². The van der Waals surface area contributed by atoms with Gasteiger partial charge in [0, 0.05) is 24.8 Å². The van der Waals surface area contributed by atoms with Crippen molar-refractivity contribution in [1.29, 1.82) is 0 Å². The Kier molecular flexibility index (Phi) is 5.90. The van der Waals surface area contributed by atoms with E-state index < -0.39 is 15.8 Å². The molecule has 0 aliphatic rings. The van der Waals surface area contributed by atoms with Crippen molar-refractivity contribution in [3.63, 3.8) is 0 Å². The van der Waals surface area contributed by atoms with Crippen LogP contribution < -0.4 is 0 Å². The summed E-state index contributed by atoms with van der Waals surface area (Å²) in [5.41, 5.74) is 2.77. The maximum absolute atomic E-state index is 14.0. The Balaban J connectivity index is 1.63. The molecule has 1 heterocycles. The standard InChI is InChI=1S/C20H21F2N3O2S/c1-14-8-9-18(22)20(11-14)28(26,27)25(2)10-4-7-17-13-19(24-23-17)15-5-3-6-16(21)12-15/h3,5-6,8-9,11-13H,4,7,10H2,1-2H3,(H,23,24). The van der Waals surface area contributed by atoms with Gasteiger partial charge in [0.25, 0.3) is 0 Å². The van der Waals surface area contributed by atoms with Crippen molar-refractivity contribution >= 4 is 10.0 Å². The lowest BCUT2D eigenvalue weighted by atomic mass is 10.1. The molecule has 0 unspecified atom stereocenters. The van der Waals surface area contributed by atoms with Gasteiger partial charge in [-0.25, -0.2) is 21.5 Å². The SMILES string of the molecule is Cc1ccc(F)c(S(=O)(=O)N(C)CCCc2cc(-c3cccc(F)c3)n[nH]2)c1. The van der Waals surface area contributed by atoms with E-state index in [9.17, 15) is 17.2 Å². The van der Waals surface area contributed by atoms with E-state index in [0.717, 1.165) is 16.1 Å². The first-order chi connectivity index (χ1) is 13.3. The van der Waals surface area contributed by atoms with Crippen LogP contribution in [0.25, 0.3) is 11.3 Å². The fraction of sp³-hybridized carbons (Fsp3) is 0.250. The van der Waals surface area contributed by atoms with Crippen LogP contribution in [0.4, 0.5) is 8.78 Å². The molecule has 0 atom stereocenters. The number of rotatable bonds is 7. The van der Waals surface area contributed by atoms with Crippen LogP contribution in [0.3, 0.4) is 0 Å². The fourth-order valence-electron chi connectivity index (χ4n) is 2.87. The summed E-state index contributed by atoms with van der Waals surface area (Å²) in [5, 5.41) is 7.05. The number of benzene rings is 2. The van der Waals surface area contributed by atoms with Gasteiger partial charge in [0.15, 0.2) is 0 Å². The summed E-state index contributed by atoms with van der Waals surface area (Å²) in [6, 6.07) is 12.0. The lowest BCUT2D eigenvalue weighted by molar-refractivity contribution is 0.454. The number of aromatic nitrogens is 2. The molecule has 0 radical (unpaired) electrons. The molecular formula is C20H21F2N3O2S. The molecule has 5 nitrogen and oxygen atoms in total. The predicted molar refractivity (Wildman–Crippen MR) is 103 cm³/mol. The molecule has 3 rings (SSSR count). The van der Waals surface area contributed by atoms with Gasteiger partial charge in [0.2, 0.25) is 10.0 Å². The van der Waals surface area contributed by atoms with Crippen molar-refractivity contribution in [2.45, 2.75) is 24.7 Å². The molecule has 28 heavy (non-hydrogen) atoms. The van der Waals surface area contributed by atoms with E-state index in [1.54, 1.807) is 19.1 Å². The fourth-order valence-corrected chi connectivity index (χ4v) is 4.23. The molecule has 148 valence electrons. The molecule has 0 aliphatic heterocycles. The molecule has 2 aromatic carbocycles. The molecular weight excluding hydrogens is 384 g/mol. The molecule has 0 spiro atoms. The number of hydrogen-bond acceptors (Lipinski definition) is 3. The second-order valence-electron chi connectivity index (χ2n) is 6.65. The second kappa shape index (κ2) is 8.20. The van der Waals surface area contributed by atoms with Crippen LogP contribution in [0.5, 0.6) is 0 Å². The van der Waals surface area contributed by atoms with Gasteiger partial charge in [-0.2, -0.15) is 5.10 Å². The third-order valence-corrected chi connectivity index (χ3v) is 6.32. The molecule has 0 aliphatic carbocycles. The molecule has 3 aromatic rings. The molecule has 0 amide bonds. The lowest BCUT2D eigenvalue weighted by Gasteiger charge is -2.17. The highest BCUT2D eigenvalue weighted by molar-refractivity contribution is 7.89. The zero-order valence-corrected chi connectivity index (χ0v) is 16.4. The summed E-state index contributed by atoms with van der Waals surface area (Å²) in [6.07, 6.45) is 1.08. The van der Waals surface area contributed by atoms with Crippen molar-refractivity contribution in [3.8, 4) is 11.3 Å². The van der Waals surface area contributed by atoms with E-state index in [4.69, 9.17) is 0 Å². The van der Waals surface area contributed by atoms with Crippen LogP contribution in [0.15, 0.2) is 53.4 Å². The van der Waals surface area contributed by atoms with Crippen molar-refractivity contribution in [3.05, 3.63) is 71.4 Å². The smallest absolute Gasteiger partial charge is 0.245 e. The monoisotopic (exact) mass is 405 g/mol. The topological polar surface area (TPSA) is 66.1 Å². The molecule has 0 bridgehead atoms. The summed E-state index contributed by atoms with van der Waals surface area (Å²) < 4.78 is 53.6. The molecule has 0 saturated carbocycles. The van der Waals surface area contributed by atoms with E-state index in [1.807, 2.05) is 6.07 Å². The normalized spacial score (nSPS) is 11.9. The minimum Gasteiger partial charge on any atom is -0.282 e. The predicted octanol–water partition coefficient (Wildman–Crippen LogP) is 3.92. The number of H-pyrrole nitrogens is 1. The van der Waals surface area contributed by atoms with E-state index in [2.05, 4.69) is 10.2 Å². The van der Waals surface area contributed by atoms with Crippen molar-refractivity contribution < 1.29 is 17.2 Å². The van der Waals surface area contributed by atoms with Gasteiger partial charge < -0.3 is 0 Å². The van der Waals surface area contributed by atoms with Crippen molar-refractivity contribution in [2.24, 2.45) is 0 Å². The Bertz CT molecular complexity index is 1080. The van der Waals surface area contributed by atoms with Crippen molar-refractivity contribution in [1.82, 2.24) is 14.5 Å². The van der Waals surface area contributed by atoms with Gasteiger partial charge in [-0.15, -0.1) is 0 Å². The van der Waals surface area contributed by atoms with Crippen LogP contribution in [-0.4, -0.2) is 36.5 Å². The first kappa shape index (κ1) is 20.2. The summed E-state index contributed by atoms with van der Waals surface area (Å²) in [4.78, 5) is -0.315. The van der Waals surface area contributed by atoms with Crippen LogP contribution >= 0.6 is 0 Å². The number of nitrogens with zero attached hydrogens (tertiary/aromatic N) is 2. The highest BCUT2D eigenvalue weighted by Crippen LogP contribution is 2.21. The van der Waals surface area contributed by atoms with E-state index >= 15 is 0 Å². The average Bonchev–Trinajstić information content (AvgIpc) is 3.12. The van der Waals surface area contributed by atoms with Gasteiger partial charge >= 0.3 is 0 Å². The Labute approximate surface area is 163 Å². The highest BCUT2D eigenvalue weighted by Gasteiger charge is 2.24. The number of aromatic amines is 1. The molecule has 0 saturated heterocycles. The Morgan fingerprint density at radius 2 is 1.89 bits per heavy atom. The molecule has 0 fully saturated rings. The minimum absolute atomic E-state index is 0.226.